The van der Waals surface area contributed by atoms with Crippen LogP contribution in [0.15, 0.2) is 18.2 Å². The Morgan fingerprint density at radius 2 is 2.00 bits per heavy atom. The van der Waals surface area contributed by atoms with Gasteiger partial charge in [-0.2, -0.15) is 8.42 Å². The van der Waals surface area contributed by atoms with Crippen molar-refractivity contribution in [3.05, 3.63) is 29.3 Å². The molecule has 0 radical (unpaired) electrons. The molecule has 5 atom stereocenters. The van der Waals surface area contributed by atoms with Crippen molar-refractivity contribution in [3.8, 4) is 5.75 Å². The van der Waals surface area contributed by atoms with Gasteiger partial charge < -0.3 is 9.29 Å². The number of hydrogen-bond donors (Lipinski definition) is 2. The second kappa shape index (κ2) is 5.44. The molecule has 0 bridgehead atoms. The second-order valence-electron chi connectivity index (χ2n) is 7.92. The Hall–Kier alpha value is -1.11. The van der Waals surface area contributed by atoms with Crippen LogP contribution in [0.25, 0.3) is 0 Å². The highest BCUT2D eigenvalue weighted by atomic mass is 32.3. The van der Waals surface area contributed by atoms with Gasteiger partial charge in [0.2, 0.25) is 0 Å². The molecule has 4 rings (SSSR count). The van der Waals surface area contributed by atoms with Crippen molar-refractivity contribution in [3.63, 3.8) is 0 Å². The SMILES string of the molecule is C[C@]12CC[C@@H]3c4ccc(OS(=O)(=O)O)cc4CC[C@@H]3[C@@H]1CC[C@H]2O. The van der Waals surface area contributed by atoms with E-state index in [1.54, 1.807) is 12.1 Å². The van der Waals surface area contributed by atoms with Crippen LogP contribution in [-0.4, -0.2) is 24.2 Å². The summed E-state index contributed by atoms with van der Waals surface area (Å²) in [5.41, 5.74) is 2.48. The van der Waals surface area contributed by atoms with Gasteiger partial charge in [-0.25, -0.2) is 0 Å². The molecule has 1 aromatic rings. The summed E-state index contributed by atoms with van der Waals surface area (Å²) in [6.07, 6.45) is 5.93. The van der Waals surface area contributed by atoms with Crippen molar-refractivity contribution < 1.29 is 22.3 Å². The van der Waals surface area contributed by atoms with E-state index in [-0.39, 0.29) is 17.3 Å². The fourth-order valence-corrected chi connectivity index (χ4v) is 6.05. The van der Waals surface area contributed by atoms with Crippen LogP contribution in [0.3, 0.4) is 0 Å². The van der Waals surface area contributed by atoms with E-state index in [0.717, 1.165) is 44.1 Å². The van der Waals surface area contributed by atoms with Crippen LogP contribution < -0.4 is 4.18 Å². The summed E-state index contributed by atoms with van der Waals surface area (Å²) in [5, 5.41) is 10.4. The van der Waals surface area contributed by atoms with E-state index < -0.39 is 10.4 Å². The average Bonchev–Trinajstić information content (AvgIpc) is 2.81. The minimum absolute atomic E-state index is 0.0622. The molecule has 0 unspecified atom stereocenters. The lowest BCUT2D eigenvalue weighted by atomic mass is 9.55. The number of aliphatic hydroxyl groups is 1. The van der Waals surface area contributed by atoms with Crippen LogP contribution in [0.4, 0.5) is 0 Å². The summed E-state index contributed by atoms with van der Waals surface area (Å²) in [6.45, 7) is 2.25. The molecule has 3 aliphatic carbocycles. The van der Waals surface area contributed by atoms with Crippen LogP contribution in [-0.2, 0) is 16.8 Å². The predicted octanol–water partition coefficient (Wildman–Crippen LogP) is 3.09. The zero-order chi connectivity index (χ0) is 17.1. The molecule has 0 spiro atoms. The molecule has 3 aliphatic rings. The molecule has 0 amide bonds. The van der Waals surface area contributed by atoms with Gasteiger partial charge in [0, 0.05) is 0 Å². The Balaban J connectivity index is 1.63. The average molecular weight is 352 g/mol. The van der Waals surface area contributed by atoms with E-state index in [2.05, 4.69) is 11.1 Å². The summed E-state index contributed by atoms with van der Waals surface area (Å²) in [7, 11) is -4.48. The van der Waals surface area contributed by atoms with E-state index in [1.807, 2.05) is 6.07 Å². The van der Waals surface area contributed by atoms with Crippen molar-refractivity contribution in [1.29, 1.82) is 0 Å². The maximum absolute atomic E-state index is 10.9. The number of hydrogen-bond acceptors (Lipinski definition) is 4. The van der Waals surface area contributed by atoms with E-state index >= 15 is 0 Å². The first-order valence-corrected chi connectivity index (χ1v) is 10.1. The molecule has 1 aromatic carbocycles. The molecule has 0 aromatic heterocycles. The lowest BCUT2D eigenvalue weighted by Crippen LogP contribution is -2.43. The molecule has 6 heteroatoms. The lowest BCUT2D eigenvalue weighted by molar-refractivity contribution is -0.0226. The van der Waals surface area contributed by atoms with Crippen molar-refractivity contribution >= 4 is 10.4 Å². The largest absolute Gasteiger partial charge is 0.446 e. The highest BCUT2D eigenvalue weighted by molar-refractivity contribution is 7.81. The van der Waals surface area contributed by atoms with Crippen LogP contribution in [0.5, 0.6) is 5.75 Å². The summed E-state index contributed by atoms with van der Waals surface area (Å²) < 4.78 is 35.2. The summed E-state index contributed by atoms with van der Waals surface area (Å²) in [6, 6.07) is 5.34. The molecule has 2 saturated carbocycles. The number of aliphatic hydroxyl groups excluding tert-OH is 1. The van der Waals surface area contributed by atoms with Gasteiger partial charge >= 0.3 is 10.4 Å². The molecule has 132 valence electrons. The number of aryl methyl sites for hydroxylation is 1. The molecular formula is C18H24O5S. The Bertz CT molecular complexity index is 759. The zero-order valence-corrected chi connectivity index (χ0v) is 14.6. The van der Waals surface area contributed by atoms with Crippen LogP contribution in [0.1, 0.15) is 56.1 Å². The van der Waals surface area contributed by atoms with Crippen LogP contribution in [0, 0.1) is 17.3 Å². The van der Waals surface area contributed by atoms with Gasteiger partial charge in [0.1, 0.15) is 5.75 Å². The molecule has 2 N–H and O–H groups in total. The minimum Gasteiger partial charge on any atom is -0.393 e. The minimum atomic E-state index is -4.48. The Labute approximate surface area is 143 Å². The lowest BCUT2D eigenvalue weighted by Gasteiger charge is -2.50. The molecule has 0 aliphatic heterocycles. The standard InChI is InChI=1S/C18H24O5S/c1-18-9-8-14-13-5-3-12(23-24(20,21)22)10-11(13)2-4-15(14)16(18)6-7-17(18)19/h3,5,10,14-17,19H,2,4,6-9H2,1H3,(H,20,21,22)/t14-,15+,16+,17-,18+/m1/s1. The van der Waals surface area contributed by atoms with Crippen molar-refractivity contribution in [2.45, 2.75) is 57.5 Å². The second-order valence-corrected chi connectivity index (χ2v) is 8.95. The van der Waals surface area contributed by atoms with Gasteiger partial charge in [-0.15, -0.1) is 0 Å². The third-order valence-corrected chi connectivity index (χ3v) is 7.25. The first-order valence-electron chi connectivity index (χ1n) is 8.76. The van der Waals surface area contributed by atoms with Crippen molar-refractivity contribution in [2.24, 2.45) is 17.3 Å². The maximum atomic E-state index is 10.9. The number of rotatable bonds is 2. The topological polar surface area (TPSA) is 83.8 Å². The van der Waals surface area contributed by atoms with Crippen molar-refractivity contribution in [1.82, 2.24) is 0 Å². The molecule has 0 saturated heterocycles. The molecule has 5 nitrogen and oxygen atoms in total. The highest BCUT2D eigenvalue weighted by Gasteiger charge is 2.54. The van der Waals surface area contributed by atoms with E-state index in [1.165, 1.54) is 5.56 Å². The number of benzene rings is 1. The normalized spacial score (nSPS) is 38.1. The first kappa shape index (κ1) is 16.4. The quantitative estimate of drug-likeness (QED) is 0.799. The Morgan fingerprint density at radius 1 is 1.21 bits per heavy atom. The monoisotopic (exact) mass is 352 g/mol. The van der Waals surface area contributed by atoms with Crippen LogP contribution >= 0.6 is 0 Å². The smallest absolute Gasteiger partial charge is 0.393 e. The first-order chi connectivity index (χ1) is 11.3. The van der Waals surface area contributed by atoms with Gasteiger partial charge in [0.05, 0.1) is 6.10 Å². The van der Waals surface area contributed by atoms with Gasteiger partial charge in [0.15, 0.2) is 0 Å². The fourth-order valence-electron chi connectivity index (χ4n) is 5.70. The fraction of sp³-hybridized carbons (Fsp3) is 0.667. The van der Waals surface area contributed by atoms with E-state index in [9.17, 15) is 13.5 Å². The third-order valence-electron chi connectivity index (χ3n) is 6.85. The maximum Gasteiger partial charge on any atom is 0.446 e. The van der Waals surface area contributed by atoms with Crippen LogP contribution in [0.2, 0.25) is 0 Å². The molecular weight excluding hydrogens is 328 g/mol. The van der Waals surface area contributed by atoms with Gasteiger partial charge in [-0.05, 0) is 85.0 Å². The van der Waals surface area contributed by atoms with E-state index in [4.69, 9.17) is 4.55 Å². The highest BCUT2D eigenvalue weighted by Crippen LogP contribution is 2.60. The summed E-state index contributed by atoms with van der Waals surface area (Å²) in [5.74, 6) is 1.83. The van der Waals surface area contributed by atoms with Gasteiger partial charge in [-0.1, -0.05) is 13.0 Å². The Morgan fingerprint density at radius 3 is 2.75 bits per heavy atom. The molecule has 0 heterocycles. The summed E-state index contributed by atoms with van der Waals surface area (Å²) >= 11 is 0. The predicted molar refractivity (Wildman–Crippen MR) is 89.2 cm³/mol. The molecule has 24 heavy (non-hydrogen) atoms. The van der Waals surface area contributed by atoms with E-state index in [0.29, 0.717) is 17.8 Å². The molecule has 2 fully saturated rings. The third kappa shape index (κ3) is 2.55. The van der Waals surface area contributed by atoms with Gasteiger partial charge in [0.25, 0.3) is 0 Å². The zero-order valence-electron chi connectivity index (χ0n) is 13.8. The Kier molecular flexibility index (Phi) is 3.71. The number of fused-ring (bicyclic) bond motifs is 5. The summed E-state index contributed by atoms with van der Waals surface area (Å²) in [4.78, 5) is 0. The van der Waals surface area contributed by atoms with Gasteiger partial charge in [-0.3, -0.25) is 4.55 Å². The van der Waals surface area contributed by atoms with Crippen molar-refractivity contribution in [2.75, 3.05) is 0 Å².